The average molecular weight is 388 g/mol. The van der Waals surface area contributed by atoms with Crippen molar-refractivity contribution in [2.45, 2.75) is 27.0 Å². The Balaban J connectivity index is 1.57. The maximum Gasteiger partial charge on any atom is 0.409 e. The molecule has 10 heteroatoms. The number of nitrogens with zero attached hydrogens (tertiary/aromatic N) is 6. The van der Waals surface area contributed by atoms with Gasteiger partial charge in [0.05, 0.1) is 6.61 Å². The van der Waals surface area contributed by atoms with Gasteiger partial charge < -0.3 is 19.3 Å². The lowest BCUT2D eigenvalue weighted by atomic mass is 10.1. The topological polar surface area (TPSA) is 103 Å². The summed E-state index contributed by atoms with van der Waals surface area (Å²) in [6, 6.07) is 7.03. The zero-order chi connectivity index (χ0) is 19.9. The molecule has 28 heavy (non-hydrogen) atoms. The standard InChI is InChI=1S/C18H24N6O4/c1-3-24-16(19-20-21-24)13-28-15-7-5-6-14(12-15)17(25)22-8-10-23(11-9-22)18(26)27-4-2/h5-7,12H,3-4,8-11,13H2,1-2H3. The van der Waals surface area contributed by atoms with E-state index in [1.807, 2.05) is 6.92 Å². The highest BCUT2D eigenvalue weighted by Gasteiger charge is 2.25. The zero-order valence-electron chi connectivity index (χ0n) is 16.1. The molecule has 1 saturated heterocycles. The highest BCUT2D eigenvalue weighted by molar-refractivity contribution is 5.94. The van der Waals surface area contributed by atoms with Gasteiger partial charge in [0, 0.05) is 38.3 Å². The minimum Gasteiger partial charge on any atom is -0.486 e. The fraction of sp³-hybridized carbons (Fsp3) is 0.500. The number of rotatable bonds is 6. The van der Waals surface area contributed by atoms with E-state index in [0.29, 0.717) is 56.5 Å². The number of benzene rings is 1. The van der Waals surface area contributed by atoms with E-state index in [1.54, 1.807) is 45.7 Å². The molecular formula is C18H24N6O4. The second-order valence-electron chi connectivity index (χ2n) is 6.21. The molecule has 1 aliphatic heterocycles. The number of hydrogen-bond acceptors (Lipinski definition) is 7. The first kappa shape index (κ1) is 19.6. The van der Waals surface area contributed by atoms with Crippen LogP contribution in [0.15, 0.2) is 24.3 Å². The first-order chi connectivity index (χ1) is 13.6. The Morgan fingerprint density at radius 2 is 1.86 bits per heavy atom. The van der Waals surface area contributed by atoms with Gasteiger partial charge in [-0.15, -0.1) is 5.10 Å². The highest BCUT2D eigenvalue weighted by atomic mass is 16.6. The van der Waals surface area contributed by atoms with Crippen molar-refractivity contribution in [3.8, 4) is 5.75 Å². The molecule has 0 bridgehead atoms. The van der Waals surface area contributed by atoms with E-state index in [4.69, 9.17) is 9.47 Å². The van der Waals surface area contributed by atoms with Crippen LogP contribution < -0.4 is 4.74 Å². The molecule has 2 heterocycles. The van der Waals surface area contributed by atoms with Crippen molar-refractivity contribution in [3.05, 3.63) is 35.7 Å². The summed E-state index contributed by atoms with van der Waals surface area (Å²) in [7, 11) is 0. The number of carbonyl (C=O) groups is 2. The van der Waals surface area contributed by atoms with Gasteiger partial charge in [-0.1, -0.05) is 6.07 Å². The van der Waals surface area contributed by atoms with Crippen LogP contribution in [0.3, 0.4) is 0 Å². The summed E-state index contributed by atoms with van der Waals surface area (Å²) < 4.78 is 12.4. The molecule has 0 aliphatic carbocycles. The molecule has 2 aromatic rings. The van der Waals surface area contributed by atoms with Gasteiger partial charge in [-0.05, 0) is 42.5 Å². The number of piperazine rings is 1. The van der Waals surface area contributed by atoms with Crippen LogP contribution in [0.5, 0.6) is 5.75 Å². The van der Waals surface area contributed by atoms with Crippen molar-refractivity contribution < 1.29 is 19.1 Å². The molecule has 0 saturated carbocycles. The molecule has 10 nitrogen and oxygen atoms in total. The van der Waals surface area contributed by atoms with Gasteiger partial charge in [0.1, 0.15) is 12.4 Å². The third-order valence-electron chi connectivity index (χ3n) is 4.45. The van der Waals surface area contributed by atoms with Gasteiger partial charge >= 0.3 is 6.09 Å². The van der Waals surface area contributed by atoms with Crippen molar-refractivity contribution in [1.82, 2.24) is 30.0 Å². The van der Waals surface area contributed by atoms with Crippen molar-refractivity contribution in [2.24, 2.45) is 0 Å². The Hall–Kier alpha value is -3.17. The molecule has 1 aromatic carbocycles. The van der Waals surface area contributed by atoms with Crippen LogP contribution >= 0.6 is 0 Å². The molecule has 150 valence electrons. The second-order valence-corrected chi connectivity index (χ2v) is 6.21. The van der Waals surface area contributed by atoms with Gasteiger partial charge in [0.15, 0.2) is 5.82 Å². The largest absolute Gasteiger partial charge is 0.486 e. The maximum absolute atomic E-state index is 12.8. The van der Waals surface area contributed by atoms with E-state index in [2.05, 4.69) is 15.5 Å². The summed E-state index contributed by atoms with van der Waals surface area (Å²) in [5.41, 5.74) is 0.539. The van der Waals surface area contributed by atoms with Gasteiger partial charge in [-0.25, -0.2) is 9.48 Å². The Labute approximate surface area is 163 Å². The van der Waals surface area contributed by atoms with E-state index < -0.39 is 0 Å². The van der Waals surface area contributed by atoms with Crippen molar-refractivity contribution in [2.75, 3.05) is 32.8 Å². The Morgan fingerprint density at radius 3 is 2.57 bits per heavy atom. The predicted octanol–water partition coefficient (Wildman–Crippen LogP) is 1.19. The first-order valence-corrected chi connectivity index (χ1v) is 9.31. The van der Waals surface area contributed by atoms with E-state index in [0.717, 1.165) is 0 Å². The SMILES string of the molecule is CCOC(=O)N1CCN(C(=O)c2cccc(OCc3nnnn3CC)c2)CC1. The molecule has 3 rings (SSSR count). The quantitative estimate of drug-likeness (QED) is 0.732. The number of amides is 2. The lowest BCUT2D eigenvalue weighted by molar-refractivity contribution is 0.0570. The molecule has 1 aliphatic rings. The smallest absolute Gasteiger partial charge is 0.409 e. The van der Waals surface area contributed by atoms with Crippen LogP contribution in [0.2, 0.25) is 0 Å². The van der Waals surface area contributed by atoms with Gasteiger partial charge in [0.2, 0.25) is 0 Å². The zero-order valence-corrected chi connectivity index (χ0v) is 16.1. The number of tetrazole rings is 1. The third-order valence-corrected chi connectivity index (χ3v) is 4.45. The molecule has 1 fully saturated rings. The first-order valence-electron chi connectivity index (χ1n) is 9.31. The van der Waals surface area contributed by atoms with E-state index in [1.165, 1.54) is 0 Å². The fourth-order valence-electron chi connectivity index (χ4n) is 2.93. The van der Waals surface area contributed by atoms with Crippen LogP contribution in [0, 0.1) is 0 Å². The summed E-state index contributed by atoms with van der Waals surface area (Å²) in [6.45, 7) is 6.78. The molecule has 0 unspecified atom stereocenters. The van der Waals surface area contributed by atoms with Crippen molar-refractivity contribution in [3.63, 3.8) is 0 Å². The maximum atomic E-state index is 12.8. The lowest BCUT2D eigenvalue weighted by Crippen LogP contribution is -2.50. The molecule has 2 amide bonds. The number of ether oxygens (including phenoxy) is 2. The Kier molecular flexibility index (Phi) is 6.41. The van der Waals surface area contributed by atoms with E-state index >= 15 is 0 Å². The highest BCUT2D eigenvalue weighted by Crippen LogP contribution is 2.17. The predicted molar refractivity (Wildman–Crippen MR) is 98.8 cm³/mol. The summed E-state index contributed by atoms with van der Waals surface area (Å²) in [6.07, 6.45) is -0.334. The lowest BCUT2D eigenvalue weighted by Gasteiger charge is -2.34. The monoisotopic (exact) mass is 388 g/mol. The molecule has 0 radical (unpaired) electrons. The summed E-state index contributed by atoms with van der Waals surface area (Å²) in [5, 5.41) is 11.4. The summed E-state index contributed by atoms with van der Waals surface area (Å²) in [4.78, 5) is 27.9. The van der Waals surface area contributed by atoms with E-state index in [-0.39, 0.29) is 18.6 Å². The number of aryl methyl sites for hydroxylation is 1. The number of carbonyl (C=O) groups excluding carboxylic acids is 2. The average Bonchev–Trinajstić information content (AvgIpc) is 3.20. The minimum absolute atomic E-state index is 0.0904. The number of hydrogen-bond donors (Lipinski definition) is 0. The summed E-state index contributed by atoms with van der Waals surface area (Å²) in [5.74, 6) is 1.10. The molecule has 1 aromatic heterocycles. The van der Waals surface area contributed by atoms with Gasteiger partial charge in [-0.3, -0.25) is 4.79 Å². The summed E-state index contributed by atoms with van der Waals surface area (Å²) >= 11 is 0. The van der Waals surface area contributed by atoms with Gasteiger partial charge in [-0.2, -0.15) is 0 Å². The van der Waals surface area contributed by atoms with Crippen LogP contribution in [0.25, 0.3) is 0 Å². The normalized spacial score (nSPS) is 14.1. The Morgan fingerprint density at radius 1 is 1.11 bits per heavy atom. The van der Waals surface area contributed by atoms with Crippen LogP contribution in [0.1, 0.15) is 30.0 Å². The van der Waals surface area contributed by atoms with Crippen molar-refractivity contribution >= 4 is 12.0 Å². The van der Waals surface area contributed by atoms with Gasteiger partial charge in [0.25, 0.3) is 5.91 Å². The molecular weight excluding hydrogens is 364 g/mol. The van der Waals surface area contributed by atoms with E-state index in [9.17, 15) is 9.59 Å². The van der Waals surface area contributed by atoms with Crippen LogP contribution in [-0.4, -0.2) is 74.8 Å². The van der Waals surface area contributed by atoms with Crippen molar-refractivity contribution in [1.29, 1.82) is 0 Å². The van der Waals surface area contributed by atoms with Crippen LogP contribution in [0.4, 0.5) is 4.79 Å². The fourth-order valence-corrected chi connectivity index (χ4v) is 2.93. The number of aromatic nitrogens is 4. The third kappa shape index (κ3) is 4.56. The minimum atomic E-state index is -0.334. The second kappa shape index (κ2) is 9.16. The molecule has 0 spiro atoms. The molecule has 0 N–H and O–H groups in total. The Bertz CT molecular complexity index is 816. The van der Waals surface area contributed by atoms with Crippen LogP contribution in [-0.2, 0) is 17.9 Å². The molecule has 0 atom stereocenters.